The Bertz CT molecular complexity index is 559. The van der Waals surface area contributed by atoms with Gasteiger partial charge in [0.1, 0.15) is 6.04 Å². The van der Waals surface area contributed by atoms with Crippen LogP contribution < -0.4 is 16.0 Å². The average molecular weight is 349 g/mol. The first-order valence-electron chi connectivity index (χ1n) is 9.16. The maximum absolute atomic E-state index is 12.0. The molecule has 3 amide bonds. The lowest BCUT2D eigenvalue weighted by Gasteiger charge is -2.21. The molecular formula is C20H34N3O2+. The lowest BCUT2D eigenvalue weighted by atomic mass is 9.94. The second-order valence-electron chi connectivity index (χ2n) is 7.95. The van der Waals surface area contributed by atoms with Gasteiger partial charge < -0.3 is 10.6 Å². The molecule has 1 aromatic carbocycles. The van der Waals surface area contributed by atoms with Crippen LogP contribution in [0.5, 0.6) is 0 Å². The number of amides is 3. The zero-order chi connectivity index (χ0) is 19.0. The van der Waals surface area contributed by atoms with Gasteiger partial charge in [-0.05, 0) is 32.8 Å². The van der Waals surface area contributed by atoms with E-state index >= 15 is 0 Å². The third kappa shape index (κ3) is 8.16. The molecule has 1 rings (SSSR count). The van der Waals surface area contributed by atoms with E-state index in [0.717, 1.165) is 12.8 Å². The molecule has 0 radical (unpaired) electrons. The lowest BCUT2D eigenvalue weighted by Crippen LogP contribution is -2.88. The average Bonchev–Trinajstić information content (AvgIpc) is 2.47. The van der Waals surface area contributed by atoms with E-state index in [1.165, 1.54) is 11.1 Å². The fourth-order valence-electron chi connectivity index (χ4n) is 2.77. The molecule has 0 bridgehead atoms. The number of aryl methyl sites for hydroxylation is 1. The van der Waals surface area contributed by atoms with E-state index in [4.69, 9.17) is 0 Å². The molecular weight excluding hydrogens is 314 g/mol. The maximum Gasteiger partial charge on any atom is 0.322 e. The number of hydrogen-bond acceptors (Lipinski definition) is 2. The summed E-state index contributed by atoms with van der Waals surface area (Å²) >= 11 is 0. The molecule has 0 aliphatic carbocycles. The summed E-state index contributed by atoms with van der Waals surface area (Å²) in [5.41, 5.74) is 2.18. The molecule has 0 fully saturated rings. The first-order valence-corrected chi connectivity index (χ1v) is 9.16. The quantitative estimate of drug-likeness (QED) is 0.708. The Kier molecular flexibility index (Phi) is 8.10. The Morgan fingerprint density at radius 1 is 1.12 bits per heavy atom. The molecule has 5 heteroatoms. The number of urea groups is 1. The summed E-state index contributed by atoms with van der Waals surface area (Å²) in [7, 11) is 0. The van der Waals surface area contributed by atoms with Crippen LogP contribution in [0.25, 0.3) is 0 Å². The summed E-state index contributed by atoms with van der Waals surface area (Å²) in [6, 6.07) is 8.37. The van der Waals surface area contributed by atoms with Gasteiger partial charge in [0.2, 0.25) is 0 Å². The Hall–Kier alpha value is -1.88. The van der Waals surface area contributed by atoms with Crippen LogP contribution in [0.15, 0.2) is 24.3 Å². The number of carbonyl (C=O) groups excluding carboxylic acids is 2. The monoisotopic (exact) mass is 348 g/mol. The summed E-state index contributed by atoms with van der Waals surface area (Å²) in [5.74, 6) is 0.100. The van der Waals surface area contributed by atoms with E-state index in [2.05, 4.69) is 55.7 Å². The van der Waals surface area contributed by atoms with Crippen molar-refractivity contribution in [2.45, 2.75) is 66.0 Å². The molecule has 0 saturated carbocycles. The van der Waals surface area contributed by atoms with E-state index in [1.807, 2.05) is 26.1 Å². The standard InChI is InChI=1S/C20H33N3O2/c1-7-8-15-9-11-16(12-10-15)18(14(2)3)21-13-17(24)22-19(25)23-20(4,5)6/h9-12,14,18,21H,7-8,13H2,1-6H3,(H2,22,23,24,25)/p+1/t18-/m0/s1. The van der Waals surface area contributed by atoms with Crippen molar-refractivity contribution >= 4 is 11.9 Å². The minimum Gasteiger partial charge on any atom is -0.333 e. The Balaban J connectivity index is 2.61. The number of benzene rings is 1. The third-order valence-electron chi connectivity index (χ3n) is 3.92. The summed E-state index contributed by atoms with van der Waals surface area (Å²) < 4.78 is 0. The number of nitrogens with one attached hydrogen (secondary N) is 2. The van der Waals surface area contributed by atoms with Gasteiger partial charge in [-0.2, -0.15) is 0 Å². The summed E-state index contributed by atoms with van der Waals surface area (Å²) in [6.07, 6.45) is 2.22. The van der Waals surface area contributed by atoms with E-state index in [9.17, 15) is 9.59 Å². The van der Waals surface area contributed by atoms with Gasteiger partial charge in [0.05, 0.1) is 0 Å². The smallest absolute Gasteiger partial charge is 0.322 e. The predicted octanol–water partition coefficient (Wildman–Crippen LogP) is 2.52. The van der Waals surface area contributed by atoms with Crippen molar-refractivity contribution in [3.63, 3.8) is 0 Å². The van der Waals surface area contributed by atoms with Crippen molar-refractivity contribution in [2.75, 3.05) is 6.54 Å². The molecule has 25 heavy (non-hydrogen) atoms. The van der Waals surface area contributed by atoms with Crippen LogP contribution in [0.4, 0.5) is 4.79 Å². The SMILES string of the molecule is CCCc1ccc([C@@H]([NH2+]CC(=O)NC(=O)NC(C)(C)C)C(C)C)cc1. The van der Waals surface area contributed by atoms with Crippen molar-refractivity contribution in [1.29, 1.82) is 0 Å². The minimum atomic E-state index is -0.448. The molecule has 5 nitrogen and oxygen atoms in total. The van der Waals surface area contributed by atoms with Crippen molar-refractivity contribution in [2.24, 2.45) is 5.92 Å². The molecule has 0 unspecified atom stereocenters. The van der Waals surface area contributed by atoms with Crippen LogP contribution in [0, 0.1) is 5.92 Å². The van der Waals surface area contributed by atoms with Gasteiger partial charge in [0.15, 0.2) is 6.54 Å². The van der Waals surface area contributed by atoms with Crippen LogP contribution >= 0.6 is 0 Å². The molecule has 0 aliphatic rings. The fourth-order valence-corrected chi connectivity index (χ4v) is 2.77. The van der Waals surface area contributed by atoms with Crippen LogP contribution in [0.3, 0.4) is 0 Å². The molecule has 4 N–H and O–H groups in total. The van der Waals surface area contributed by atoms with Gasteiger partial charge in [-0.1, -0.05) is 51.5 Å². The normalized spacial score (nSPS) is 12.8. The number of carbonyl (C=O) groups is 2. The van der Waals surface area contributed by atoms with Crippen LogP contribution in [-0.2, 0) is 11.2 Å². The van der Waals surface area contributed by atoms with Gasteiger partial charge in [-0.15, -0.1) is 0 Å². The number of hydrogen-bond donors (Lipinski definition) is 3. The number of nitrogens with two attached hydrogens (primary N) is 1. The first kappa shape index (κ1) is 21.2. The predicted molar refractivity (Wildman–Crippen MR) is 101 cm³/mol. The second kappa shape index (κ2) is 9.56. The summed E-state index contributed by atoms with van der Waals surface area (Å²) in [5, 5.41) is 7.11. The van der Waals surface area contributed by atoms with Crippen molar-refractivity contribution in [3.05, 3.63) is 35.4 Å². The zero-order valence-corrected chi connectivity index (χ0v) is 16.5. The highest BCUT2D eigenvalue weighted by molar-refractivity contribution is 5.94. The Morgan fingerprint density at radius 2 is 1.72 bits per heavy atom. The number of rotatable bonds is 7. The highest BCUT2D eigenvalue weighted by atomic mass is 16.2. The third-order valence-corrected chi connectivity index (χ3v) is 3.92. The number of quaternary nitrogens is 1. The van der Waals surface area contributed by atoms with E-state index in [0.29, 0.717) is 5.92 Å². The van der Waals surface area contributed by atoms with Gasteiger partial charge in [-0.25, -0.2) is 4.79 Å². The van der Waals surface area contributed by atoms with E-state index in [1.54, 1.807) is 0 Å². The minimum absolute atomic E-state index is 0.187. The van der Waals surface area contributed by atoms with Crippen molar-refractivity contribution < 1.29 is 14.9 Å². The van der Waals surface area contributed by atoms with Crippen molar-refractivity contribution in [3.8, 4) is 0 Å². The Morgan fingerprint density at radius 3 is 2.20 bits per heavy atom. The fraction of sp³-hybridized carbons (Fsp3) is 0.600. The lowest BCUT2D eigenvalue weighted by molar-refractivity contribution is -0.692. The molecule has 1 aromatic rings. The first-order chi connectivity index (χ1) is 11.6. The van der Waals surface area contributed by atoms with Crippen LogP contribution in [0.2, 0.25) is 0 Å². The van der Waals surface area contributed by atoms with E-state index < -0.39 is 6.03 Å². The number of imide groups is 1. The van der Waals surface area contributed by atoms with E-state index in [-0.39, 0.29) is 24.0 Å². The zero-order valence-electron chi connectivity index (χ0n) is 16.5. The highest BCUT2D eigenvalue weighted by Gasteiger charge is 2.22. The molecule has 140 valence electrons. The molecule has 0 heterocycles. The molecule has 0 saturated heterocycles. The second-order valence-corrected chi connectivity index (χ2v) is 7.95. The highest BCUT2D eigenvalue weighted by Crippen LogP contribution is 2.18. The Labute approximate surface area is 152 Å². The summed E-state index contributed by atoms with van der Waals surface area (Å²) in [6.45, 7) is 12.3. The largest absolute Gasteiger partial charge is 0.333 e. The van der Waals surface area contributed by atoms with Crippen LogP contribution in [-0.4, -0.2) is 24.0 Å². The van der Waals surface area contributed by atoms with Crippen LogP contribution in [0.1, 0.15) is 65.1 Å². The van der Waals surface area contributed by atoms with Gasteiger partial charge in [-0.3, -0.25) is 10.1 Å². The molecule has 0 aliphatic heterocycles. The molecule has 1 atom stereocenters. The molecule has 0 aromatic heterocycles. The van der Waals surface area contributed by atoms with Crippen molar-refractivity contribution in [1.82, 2.24) is 10.6 Å². The summed E-state index contributed by atoms with van der Waals surface area (Å²) in [4.78, 5) is 23.8. The molecule has 0 spiro atoms. The topological polar surface area (TPSA) is 74.8 Å². The van der Waals surface area contributed by atoms with Gasteiger partial charge in [0.25, 0.3) is 5.91 Å². The van der Waals surface area contributed by atoms with Gasteiger partial charge >= 0.3 is 6.03 Å². The maximum atomic E-state index is 12.0. The van der Waals surface area contributed by atoms with Gasteiger partial charge in [0, 0.05) is 17.0 Å².